The Morgan fingerprint density at radius 2 is 1.60 bits per heavy atom. The second-order valence-electron chi connectivity index (χ2n) is 14.8. The number of carbonyl (C=O) groups excluding carboxylic acids is 2. The van der Waals surface area contributed by atoms with Gasteiger partial charge in [0.15, 0.2) is 0 Å². The topological polar surface area (TPSA) is 152 Å². The van der Waals surface area contributed by atoms with E-state index in [9.17, 15) is 19.6 Å². The van der Waals surface area contributed by atoms with Gasteiger partial charge in [-0.1, -0.05) is 18.2 Å². The van der Waals surface area contributed by atoms with Gasteiger partial charge in [0.2, 0.25) is 0 Å². The summed E-state index contributed by atoms with van der Waals surface area (Å²) in [4.78, 5) is 50.6. The smallest absolute Gasteiger partial charge is 0.410 e. The molecule has 2 aliphatic heterocycles. The number of benzene rings is 2. The molecule has 272 valence electrons. The van der Waals surface area contributed by atoms with Crippen LogP contribution in [0.25, 0.3) is 16.7 Å². The van der Waals surface area contributed by atoms with Gasteiger partial charge in [-0.05, 0) is 96.0 Å². The van der Waals surface area contributed by atoms with Crippen LogP contribution >= 0.6 is 0 Å². The highest BCUT2D eigenvalue weighted by Crippen LogP contribution is 2.31. The molecule has 2 aromatic heterocycles. The number of rotatable bonds is 7. The molecule has 0 bridgehead atoms. The number of likely N-dealkylation sites (tertiary alicyclic amines) is 1. The number of imidazole rings is 1. The number of nitrogens with zero attached hydrogens (tertiary/aromatic N) is 7. The molecule has 4 heterocycles. The predicted molar refractivity (Wildman–Crippen MR) is 198 cm³/mol. The molecule has 0 aliphatic carbocycles. The van der Waals surface area contributed by atoms with Gasteiger partial charge in [-0.25, -0.2) is 14.6 Å². The van der Waals surface area contributed by atoms with Crippen LogP contribution in [0, 0.1) is 11.3 Å². The molecular formula is C39H46N8O5. The summed E-state index contributed by atoms with van der Waals surface area (Å²) in [6.45, 7) is 12.2. The number of aromatic nitrogens is 3. The van der Waals surface area contributed by atoms with Crippen molar-refractivity contribution in [1.29, 1.82) is 5.26 Å². The maximum absolute atomic E-state index is 14.3. The summed E-state index contributed by atoms with van der Waals surface area (Å²) in [6, 6.07) is 20.2. The molecule has 6 rings (SSSR count). The molecule has 1 atom stereocenters. The number of piperidine rings is 1. The number of hydrogen-bond donors (Lipinski definition) is 1. The number of hydrogen-bond acceptors (Lipinski definition) is 9. The molecule has 0 radical (unpaired) electrons. The lowest BCUT2D eigenvalue weighted by atomic mass is 9.96. The maximum Gasteiger partial charge on any atom is 0.410 e. The number of para-hydroxylation sites is 1. The van der Waals surface area contributed by atoms with Crippen LogP contribution in [0.2, 0.25) is 0 Å². The molecule has 0 saturated carbocycles. The molecule has 2 N–H and O–H groups in total. The van der Waals surface area contributed by atoms with Crippen LogP contribution < -0.4 is 16.2 Å². The van der Waals surface area contributed by atoms with Crippen molar-refractivity contribution in [3.63, 3.8) is 0 Å². The Morgan fingerprint density at radius 1 is 0.923 bits per heavy atom. The first kappa shape index (κ1) is 36.2. The Hall–Kier alpha value is -5.61. The van der Waals surface area contributed by atoms with Crippen molar-refractivity contribution in [3.05, 3.63) is 89.0 Å². The van der Waals surface area contributed by atoms with Crippen LogP contribution in [-0.2, 0) is 9.53 Å². The van der Waals surface area contributed by atoms with E-state index in [-0.39, 0.29) is 41.7 Å². The standard InChI is InChI=1S/C39H46N8O5/c1-38(2,3)52-37(50)43-20-22-45(23-21-43)39(4,5)24-27(25-40)35(48)44-19-9-10-29(26-44)46-32-17-18-42-34(41)33(32)47(36(46)49)28-13-15-31(16-14-28)51-30-11-7-6-8-12-30/h6-8,11-18,24,29H,9-10,19-23,26H2,1-5H3,(H2,41,42). The summed E-state index contributed by atoms with van der Waals surface area (Å²) in [7, 11) is 0. The summed E-state index contributed by atoms with van der Waals surface area (Å²) in [5, 5.41) is 10.2. The third-order valence-corrected chi connectivity index (χ3v) is 9.53. The summed E-state index contributed by atoms with van der Waals surface area (Å²) in [5.74, 6) is 1.15. The van der Waals surface area contributed by atoms with Crippen molar-refractivity contribution in [3.8, 4) is 23.3 Å². The number of piperazine rings is 1. The third-order valence-electron chi connectivity index (χ3n) is 9.53. The second kappa shape index (κ2) is 14.6. The number of ether oxygens (including phenoxy) is 2. The van der Waals surface area contributed by atoms with Crippen LogP contribution in [0.1, 0.15) is 53.5 Å². The number of carbonyl (C=O) groups is 2. The summed E-state index contributed by atoms with van der Waals surface area (Å²) >= 11 is 0. The number of nitrogens with two attached hydrogens (primary N) is 1. The van der Waals surface area contributed by atoms with Gasteiger partial charge in [0.05, 0.1) is 17.2 Å². The van der Waals surface area contributed by atoms with Crippen molar-refractivity contribution in [1.82, 2.24) is 28.8 Å². The molecule has 0 spiro atoms. The van der Waals surface area contributed by atoms with E-state index in [0.717, 1.165) is 0 Å². The average Bonchev–Trinajstić information content (AvgIpc) is 3.43. The lowest BCUT2D eigenvalue weighted by Gasteiger charge is -2.43. The molecule has 2 aromatic carbocycles. The Labute approximate surface area is 303 Å². The maximum atomic E-state index is 14.3. The van der Waals surface area contributed by atoms with Crippen molar-refractivity contribution >= 4 is 28.9 Å². The molecule has 13 heteroatoms. The van der Waals surface area contributed by atoms with Gasteiger partial charge in [-0.2, -0.15) is 5.26 Å². The molecule has 2 fully saturated rings. The minimum absolute atomic E-state index is 0.0428. The lowest BCUT2D eigenvalue weighted by molar-refractivity contribution is -0.128. The Bertz CT molecular complexity index is 2060. The van der Waals surface area contributed by atoms with Gasteiger partial charge < -0.3 is 25.0 Å². The number of pyridine rings is 1. The average molecular weight is 707 g/mol. The van der Waals surface area contributed by atoms with Crippen molar-refractivity contribution < 1.29 is 19.1 Å². The van der Waals surface area contributed by atoms with Crippen LogP contribution in [-0.4, -0.2) is 91.2 Å². The highest BCUT2D eigenvalue weighted by Gasteiger charge is 2.35. The fourth-order valence-corrected chi connectivity index (χ4v) is 6.97. The molecule has 2 aliphatic rings. The number of fused-ring (bicyclic) bond motifs is 1. The third kappa shape index (κ3) is 7.67. The molecule has 4 aromatic rings. The van der Waals surface area contributed by atoms with Crippen LogP contribution in [0.15, 0.2) is 83.3 Å². The van der Waals surface area contributed by atoms with Gasteiger partial charge in [-0.15, -0.1) is 0 Å². The highest BCUT2D eigenvalue weighted by molar-refractivity contribution is 5.97. The Balaban J connectivity index is 1.21. The zero-order valence-electron chi connectivity index (χ0n) is 30.4. The predicted octanol–water partition coefficient (Wildman–Crippen LogP) is 5.51. The van der Waals surface area contributed by atoms with Gasteiger partial charge in [-0.3, -0.25) is 18.8 Å². The van der Waals surface area contributed by atoms with E-state index in [0.29, 0.717) is 73.8 Å². The van der Waals surface area contributed by atoms with E-state index in [2.05, 4.69) is 16.0 Å². The highest BCUT2D eigenvalue weighted by atomic mass is 16.6. The molecule has 2 saturated heterocycles. The van der Waals surface area contributed by atoms with Crippen LogP contribution in [0.3, 0.4) is 0 Å². The number of nitrogen functional groups attached to an aromatic ring is 1. The number of nitriles is 1. The van der Waals surface area contributed by atoms with Crippen molar-refractivity contribution in [2.75, 3.05) is 45.0 Å². The van der Waals surface area contributed by atoms with Crippen LogP contribution in [0.5, 0.6) is 11.5 Å². The van der Waals surface area contributed by atoms with E-state index >= 15 is 0 Å². The van der Waals surface area contributed by atoms with Crippen molar-refractivity contribution in [2.24, 2.45) is 0 Å². The van der Waals surface area contributed by atoms with Crippen molar-refractivity contribution in [2.45, 2.75) is 64.6 Å². The van der Waals surface area contributed by atoms with Gasteiger partial charge >= 0.3 is 11.8 Å². The minimum Gasteiger partial charge on any atom is -0.457 e. The Morgan fingerprint density at radius 3 is 2.25 bits per heavy atom. The van der Waals surface area contributed by atoms with E-state index in [4.69, 9.17) is 15.2 Å². The SMILES string of the molecule is CC(C)(C)OC(=O)N1CCN(C(C)(C)C=C(C#N)C(=O)N2CCCC(n3c(=O)n(-c4ccc(Oc5ccccc5)cc4)c4c(N)nccc43)C2)CC1. The van der Waals surface area contributed by atoms with Crippen LogP contribution in [0.4, 0.5) is 10.6 Å². The van der Waals surface area contributed by atoms with Gasteiger partial charge in [0, 0.05) is 51.0 Å². The molecule has 1 unspecified atom stereocenters. The molecular weight excluding hydrogens is 660 g/mol. The largest absolute Gasteiger partial charge is 0.457 e. The van der Waals surface area contributed by atoms with E-state index < -0.39 is 11.1 Å². The minimum atomic E-state index is -0.632. The summed E-state index contributed by atoms with van der Waals surface area (Å²) in [6.07, 6.45) is 4.26. The number of anilines is 1. The van der Waals surface area contributed by atoms with E-state index in [1.54, 1.807) is 61.5 Å². The zero-order valence-corrected chi connectivity index (χ0v) is 30.4. The monoisotopic (exact) mass is 706 g/mol. The number of amides is 2. The normalized spacial score (nSPS) is 17.5. The Kier molecular flexibility index (Phi) is 10.1. The molecule has 52 heavy (non-hydrogen) atoms. The van der Waals surface area contributed by atoms with E-state index in [1.165, 1.54) is 0 Å². The second-order valence-corrected chi connectivity index (χ2v) is 14.8. The fourth-order valence-electron chi connectivity index (χ4n) is 6.97. The molecule has 13 nitrogen and oxygen atoms in total. The zero-order chi connectivity index (χ0) is 37.2. The van der Waals surface area contributed by atoms with Gasteiger partial charge in [0.25, 0.3) is 5.91 Å². The first-order chi connectivity index (χ1) is 24.8. The first-order valence-corrected chi connectivity index (χ1v) is 17.6. The van der Waals surface area contributed by atoms with Gasteiger partial charge in [0.1, 0.15) is 40.1 Å². The quantitative estimate of drug-likeness (QED) is 0.194. The summed E-state index contributed by atoms with van der Waals surface area (Å²) < 4.78 is 14.7. The molecule has 2 amide bonds. The lowest BCUT2D eigenvalue weighted by Crippen LogP contribution is -2.56. The fraction of sp³-hybridized carbons (Fsp3) is 0.410. The first-order valence-electron chi connectivity index (χ1n) is 17.6. The summed E-state index contributed by atoms with van der Waals surface area (Å²) in [5.41, 5.74) is 6.63. The van der Waals surface area contributed by atoms with E-state index in [1.807, 2.05) is 65.0 Å².